The van der Waals surface area contributed by atoms with Crippen LogP contribution >= 0.6 is 0 Å². The van der Waals surface area contributed by atoms with Crippen molar-refractivity contribution in [1.82, 2.24) is 0 Å². The van der Waals surface area contributed by atoms with Crippen LogP contribution in [-0.4, -0.2) is 21.1 Å². The molecule has 0 aliphatic heterocycles. The number of unbranched alkanes of at least 4 members (excludes halogenated alkanes) is 12. The van der Waals surface area contributed by atoms with Crippen LogP contribution in [0, 0.1) is 0 Å². The Morgan fingerprint density at radius 1 is 0.846 bits per heavy atom. The van der Waals surface area contributed by atoms with Gasteiger partial charge in [0, 0.05) is 12.1 Å². The number of carbonyl (C=O) groups excluding carboxylic acids is 1. The highest BCUT2D eigenvalue weighted by Gasteiger charge is 2.35. The van der Waals surface area contributed by atoms with Crippen LogP contribution in [0.2, 0.25) is 6.04 Å². The van der Waals surface area contributed by atoms with E-state index in [9.17, 15) is 17.1 Å². The first kappa shape index (κ1) is 25.2. The van der Waals surface area contributed by atoms with E-state index in [4.69, 9.17) is 4.74 Å². The van der Waals surface area contributed by atoms with Gasteiger partial charge in [-0.25, -0.2) is 17.1 Å². The summed E-state index contributed by atoms with van der Waals surface area (Å²) in [5, 5.41) is 0. The van der Waals surface area contributed by atoms with Gasteiger partial charge < -0.3 is 4.74 Å². The second-order valence-electron chi connectivity index (χ2n) is 7.20. The maximum absolute atomic E-state index is 12.1. The Morgan fingerprint density at radius 2 is 1.23 bits per heavy atom. The summed E-state index contributed by atoms with van der Waals surface area (Å²) in [6.07, 6.45) is 16.0. The number of hydrogen-bond acceptors (Lipinski definition) is 2. The molecule has 0 saturated heterocycles. The quantitative estimate of drug-likeness (QED) is 0.0795. The topological polar surface area (TPSA) is 26.3 Å². The highest BCUT2D eigenvalue weighted by atomic mass is 28.5. The summed E-state index contributed by atoms with van der Waals surface area (Å²) in [6.45, 7) is 5.30. The highest BCUT2D eigenvalue weighted by Crippen LogP contribution is 2.20. The van der Waals surface area contributed by atoms with E-state index >= 15 is 0 Å². The number of ether oxygens (including phenoxy) is 1. The van der Waals surface area contributed by atoms with Gasteiger partial charge in [0.15, 0.2) is 0 Å². The van der Waals surface area contributed by atoms with Gasteiger partial charge in [0.2, 0.25) is 0 Å². The van der Waals surface area contributed by atoms with Crippen LogP contribution in [0.4, 0.5) is 12.3 Å². The van der Waals surface area contributed by atoms with Gasteiger partial charge in [-0.3, -0.25) is 0 Å². The normalized spacial score (nSPS) is 12.8. The Kier molecular flexibility index (Phi) is 15.9. The zero-order valence-corrected chi connectivity index (χ0v) is 17.4. The second-order valence-corrected chi connectivity index (χ2v) is 8.93. The van der Waals surface area contributed by atoms with Gasteiger partial charge in [0.1, 0.15) is 0 Å². The molecule has 0 radical (unpaired) electrons. The summed E-state index contributed by atoms with van der Waals surface area (Å²) in [7, 11) is -5.30. The van der Waals surface area contributed by atoms with Gasteiger partial charge in [0.05, 0.1) is 6.10 Å². The van der Waals surface area contributed by atoms with Gasteiger partial charge in [-0.15, -0.1) is 0 Å². The van der Waals surface area contributed by atoms with Crippen molar-refractivity contribution in [3.63, 3.8) is 0 Å². The van der Waals surface area contributed by atoms with E-state index in [1.807, 2.05) is 6.92 Å². The van der Waals surface area contributed by atoms with Crippen LogP contribution < -0.4 is 0 Å². The molecule has 1 unspecified atom stereocenters. The molecule has 0 heterocycles. The number of halogens is 3. The van der Waals surface area contributed by atoms with E-state index in [2.05, 4.69) is 6.58 Å². The molecule has 2 nitrogen and oxygen atoms in total. The predicted octanol–water partition coefficient (Wildman–Crippen LogP) is 7.41. The summed E-state index contributed by atoms with van der Waals surface area (Å²) in [5.41, 5.74) is 0. The molecule has 0 N–H and O–H groups in total. The molecule has 1 atom stereocenters. The van der Waals surface area contributed by atoms with Crippen LogP contribution in [0.5, 0.6) is 0 Å². The average Bonchev–Trinajstić information content (AvgIpc) is 2.57. The minimum absolute atomic E-state index is 0.0314. The molecule has 0 aliphatic rings. The van der Waals surface area contributed by atoms with E-state index < -0.39 is 15.1 Å². The lowest BCUT2D eigenvalue weighted by Crippen LogP contribution is -2.13. The Hall–Kier alpha value is -0.783. The molecule has 0 amide bonds. The van der Waals surface area contributed by atoms with Crippen LogP contribution in [0.1, 0.15) is 96.8 Å². The van der Waals surface area contributed by atoms with Crippen molar-refractivity contribution in [2.75, 3.05) is 0 Å². The SMILES string of the molecule is C=CC(=O)OC(C)CCCCCCCCCCCCCCC[Si](F)(F)F. The van der Waals surface area contributed by atoms with Crippen molar-refractivity contribution in [2.45, 2.75) is 109 Å². The first-order valence-electron chi connectivity index (χ1n) is 10.2. The van der Waals surface area contributed by atoms with E-state index in [1.54, 1.807) is 0 Å². The van der Waals surface area contributed by atoms with Crippen molar-refractivity contribution < 1.29 is 21.9 Å². The zero-order valence-electron chi connectivity index (χ0n) is 16.4. The fraction of sp³-hybridized carbons (Fsp3) is 0.850. The standard InChI is InChI=1S/C20H37F3O2Si/c1-3-20(24)25-19(2)17-15-13-11-9-7-5-4-6-8-10-12-14-16-18-26(21,22)23/h3,19H,1,4-18H2,2H3. The van der Waals surface area contributed by atoms with Gasteiger partial charge in [-0.05, 0) is 26.2 Å². The molecule has 0 bridgehead atoms. The zero-order chi connectivity index (χ0) is 19.7. The maximum Gasteiger partial charge on any atom is 0.616 e. The fourth-order valence-corrected chi connectivity index (χ4v) is 3.66. The molecular formula is C20H37F3O2Si. The lowest BCUT2D eigenvalue weighted by atomic mass is 10.0. The molecule has 0 aliphatic carbocycles. The monoisotopic (exact) mass is 394 g/mol. The highest BCUT2D eigenvalue weighted by molar-refractivity contribution is 6.58. The summed E-state index contributed by atoms with van der Waals surface area (Å²) < 4.78 is 41.5. The maximum atomic E-state index is 12.1. The van der Waals surface area contributed by atoms with Crippen molar-refractivity contribution in [2.24, 2.45) is 0 Å². The van der Waals surface area contributed by atoms with Crippen LogP contribution in [0.15, 0.2) is 12.7 Å². The van der Waals surface area contributed by atoms with Gasteiger partial charge in [-0.2, -0.15) is 0 Å². The molecular weight excluding hydrogens is 357 g/mol. The van der Waals surface area contributed by atoms with Crippen molar-refractivity contribution in [3.05, 3.63) is 12.7 Å². The fourth-order valence-electron chi connectivity index (χ4n) is 3.01. The number of carbonyl (C=O) groups is 1. The third kappa shape index (κ3) is 19.5. The molecule has 0 aromatic carbocycles. The number of hydrogen-bond donors (Lipinski definition) is 0. The molecule has 0 saturated carbocycles. The molecule has 6 heteroatoms. The van der Waals surface area contributed by atoms with Gasteiger partial charge >= 0.3 is 15.0 Å². The molecule has 0 spiro atoms. The molecule has 0 aromatic heterocycles. The van der Waals surface area contributed by atoms with Crippen LogP contribution in [0.25, 0.3) is 0 Å². The van der Waals surface area contributed by atoms with Gasteiger partial charge in [0.25, 0.3) is 0 Å². The molecule has 0 rings (SSSR count). The van der Waals surface area contributed by atoms with Crippen LogP contribution in [-0.2, 0) is 9.53 Å². The summed E-state index contributed by atoms with van der Waals surface area (Å²) >= 11 is 0. The van der Waals surface area contributed by atoms with Crippen molar-refractivity contribution in [3.8, 4) is 0 Å². The Bertz CT molecular complexity index is 359. The van der Waals surface area contributed by atoms with E-state index in [0.29, 0.717) is 6.42 Å². The summed E-state index contributed by atoms with van der Waals surface area (Å²) in [6, 6.07) is -0.494. The second kappa shape index (κ2) is 16.4. The number of esters is 1. The largest absolute Gasteiger partial charge is 0.616 e. The summed E-state index contributed by atoms with van der Waals surface area (Å²) in [4.78, 5) is 11.0. The van der Waals surface area contributed by atoms with E-state index in [0.717, 1.165) is 38.5 Å². The lowest BCUT2D eigenvalue weighted by Gasteiger charge is -2.11. The Balaban J connectivity index is 3.18. The average molecular weight is 395 g/mol. The van der Waals surface area contributed by atoms with Crippen molar-refractivity contribution >= 4 is 15.0 Å². The predicted molar refractivity (Wildman–Crippen MR) is 104 cm³/mol. The first-order valence-corrected chi connectivity index (χ1v) is 12.1. The minimum Gasteiger partial charge on any atom is -0.460 e. The Morgan fingerprint density at radius 3 is 1.62 bits per heavy atom. The summed E-state index contributed by atoms with van der Waals surface area (Å²) in [5.74, 6) is -0.347. The molecule has 26 heavy (non-hydrogen) atoms. The smallest absolute Gasteiger partial charge is 0.460 e. The van der Waals surface area contributed by atoms with E-state index in [-0.39, 0.29) is 12.1 Å². The number of rotatable bonds is 18. The van der Waals surface area contributed by atoms with Gasteiger partial charge in [-0.1, -0.05) is 77.2 Å². The Labute approximate surface area is 159 Å². The lowest BCUT2D eigenvalue weighted by molar-refractivity contribution is -0.142. The third-order valence-electron chi connectivity index (χ3n) is 4.55. The molecule has 0 aromatic rings. The van der Waals surface area contributed by atoms with E-state index in [1.165, 1.54) is 51.0 Å². The molecule has 0 fully saturated rings. The third-order valence-corrected chi connectivity index (χ3v) is 5.48. The first-order chi connectivity index (χ1) is 12.3. The van der Waals surface area contributed by atoms with Crippen LogP contribution in [0.3, 0.4) is 0 Å². The minimum atomic E-state index is -5.30. The molecule has 154 valence electrons. The van der Waals surface area contributed by atoms with Crippen molar-refractivity contribution in [1.29, 1.82) is 0 Å².